The lowest BCUT2D eigenvalue weighted by Gasteiger charge is -2.54. The molecule has 0 amide bonds. The molecule has 2 nitrogen and oxygen atoms in total. The van der Waals surface area contributed by atoms with Crippen molar-refractivity contribution in [3.8, 4) is 0 Å². The van der Waals surface area contributed by atoms with Gasteiger partial charge < -0.3 is 9.80 Å². The molecular weight excluding hydrogens is 893 g/mol. The highest BCUT2D eigenvalue weighted by Crippen LogP contribution is 2.67. The van der Waals surface area contributed by atoms with Crippen LogP contribution in [0, 0.1) is 0 Å². The number of anilines is 6. The second-order valence-electron chi connectivity index (χ2n) is 19.6. The zero-order valence-corrected chi connectivity index (χ0v) is 42.3. The fourth-order valence-corrected chi connectivity index (χ4v) is 21.9. The van der Waals surface area contributed by atoms with Gasteiger partial charge in [0.05, 0.1) is 10.8 Å². The number of nitrogens with zero attached hydrogens (tertiary/aromatic N) is 2. The molecule has 2 spiro atoms. The Hall–Kier alpha value is -6.81. The molecule has 328 valence electrons. The van der Waals surface area contributed by atoms with Crippen LogP contribution in [-0.4, -0.2) is 16.1 Å². The summed E-state index contributed by atoms with van der Waals surface area (Å²) in [6.45, 7) is 10.3. The lowest BCUT2D eigenvalue weighted by Crippen LogP contribution is -2.66. The van der Waals surface area contributed by atoms with Crippen LogP contribution in [0.3, 0.4) is 0 Å². The molecule has 2 aromatic heterocycles. The fourth-order valence-electron chi connectivity index (χ4n) is 12.5. The molecule has 0 fully saturated rings. The lowest BCUT2D eigenvalue weighted by atomic mass is 9.55. The summed E-state index contributed by atoms with van der Waals surface area (Å²) in [4.78, 5) is 7.83. The normalized spacial score (nSPS) is 15.8. The van der Waals surface area contributed by atoms with Gasteiger partial charge in [0.15, 0.2) is 0 Å². The van der Waals surface area contributed by atoms with E-state index in [2.05, 4.69) is 267 Å². The third-order valence-corrected chi connectivity index (χ3v) is 25.1. The summed E-state index contributed by atoms with van der Waals surface area (Å²) in [5.41, 5.74) is 11.8. The van der Waals surface area contributed by atoms with E-state index < -0.39 is 27.0 Å². The van der Waals surface area contributed by atoms with Crippen molar-refractivity contribution >= 4 is 92.3 Å². The molecule has 68 heavy (non-hydrogen) atoms. The summed E-state index contributed by atoms with van der Waals surface area (Å²) in [6.07, 6.45) is 0. The largest absolute Gasteiger partial charge is 0.302 e. The first-order valence-corrected chi connectivity index (χ1v) is 31.4. The molecule has 0 bridgehead atoms. The van der Waals surface area contributed by atoms with Gasteiger partial charge in [-0.05, 0) is 115 Å². The van der Waals surface area contributed by atoms with E-state index in [1.54, 1.807) is 0 Å². The molecule has 1 aliphatic carbocycles. The van der Waals surface area contributed by atoms with Crippen molar-refractivity contribution < 1.29 is 0 Å². The summed E-state index contributed by atoms with van der Waals surface area (Å²) in [5.74, 6) is 0. The molecule has 0 saturated carbocycles. The van der Waals surface area contributed by atoms with Gasteiger partial charge in [-0.15, -0.1) is 22.7 Å². The molecule has 6 heteroatoms. The van der Waals surface area contributed by atoms with Gasteiger partial charge in [-0.2, -0.15) is 0 Å². The maximum absolute atomic E-state index is 2.63. The van der Waals surface area contributed by atoms with Crippen LogP contribution in [0.1, 0.15) is 43.1 Å². The Kier molecular flexibility index (Phi) is 9.35. The molecule has 0 atom stereocenters. The van der Waals surface area contributed by atoms with Gasteiger partial charge in [0.1, 0.15) is 26.1 Å². The number of fused-ring (bicyclic) bond motifs is 14. The minimum atomic E-state index is -2.21. The topological polar surface area (TPSA) is 6.48 Å². The van der Waals surface area contributed by atoms with Crippen LogP contribution >= 0.6 is 22.7 Å². The SMILES string of the molecule is C[Si]1(C)c2ccccc2C2(c3ccccc31)c1cc(N(c3ccccc3)c3ccccc3)sc1C1(c3ccccc3[Si](C)(C)c3ccccc31)c1cc(N(c3ccccc3)c3ccccc3)sc12. The Morgan fingerprint density at radius 2 is 0.529 bits per heavy atom. The first-order chi connectivity index (χ1) is 33.3. The molecule has 10 aromatic rings. The first kappa shape index (κ1) is 41.4. The fraction of sp³-hybridized carbons (Fsp3) is 0.0968. The minimum absolute atomic E-state index is 0.629. The number of hydrogen-bond donors (Lipinski definition) is 0. The van der Waals surface area contributed by atoms with Crippen molar-refractivity contribution in [3.05, 3.63) is 274 Å². The van der Waals surface area contributed by atoms with E-state index in [9.17, 15) is 0 Å². The molecule has 0 saturated heterocycles. The summed E-state index contributed by atoms with van der Waals surface area (Å²) < 4.78 is 0. The number of benzene rings is 8. The van der Waals surface area contributed by atoms with E-state index in [0.717, 1.165) is 22.7 Å². The van der Waals surface area contributed by atoms with Gasteiger partial charge in [0.25, 0.3) is 0 Å². The number of thiophene rings is 2. The van der Waals surface area contributed by atoms with E-state index in [1.807, 2.05) is 22.7 Å². The van der Waals surface area contributed by atoms with Crippen LogP contribution in [0.25, 0.3) is 0 Å². The van der Waals surface area contributed by atoms with Crippen LogP contribution in [0.2, 0.25) is 26.2 Å². The Bertz CT molecular complexity index is 3080. The average Bonchev–Trinajstić information content (AvgIpc) is 4.03. The maximum atomic E-state index is 2.63. The monoisotopic (exact) mass is 942 g/mol. The van der Waals surface area contributed by atoms with Crippen molar-refractivity contribution in [3.63, 3.8) is 0 Å². The Labute approximate surface area is 410 Å². The molecule has 4 heterocycles. The summed E-state index contributed by atoms with van der Waals surface area (Å²) in [7, 11) is -4.43. The average molecular weight is 943 g/mol. The standard InChI is InChI=1S/C62H50N2S2Si2/c1-67(2)53-37-21-17-33-47(53)61(48-34-18-22-38-54(48)67)51-41-57(63(43-25-9-5-10-26-43)44-27-11-6-12-28-44)66-60(51)62(49-35-19-23-39-55(49)68(3,4)56-40-24-20-36-50(56)62)52-42-58(65-59(52)61)64(45-29-13-7-14-30-45)46-31-15-8-16-32-46/h5-42H,1-4H3. The van der Waals surface area contributed by atoms with Gasteiger partial charge in [0.2, 0.25) is 0 Å². The van der Waals surface area contributed by atoms with E-state index >= 15 is 0 Å². The highest BCUT2D eigenvalue weighted by Gasteiger charge is 2.62. The molecule has 0 radical (unpaired) electrons. The zero-order chi connectivity index (χ0) is 45.8. The third-order valence-electron chi connectivity index (χ3n) is 15.4. The molecule has 8 aromatic carbocycles. The van der Waals surface area contributed by atoms with Gasteiger partial charge in [-0.25, -0.2) is 0 Å². The highest BCUT2D eigenvalue weighted by atomic mass is 32.1. The second kappa shape index (κ2) is 15.4. The molecule has 3 aliphatic rings. The van der Waals surface area contributed by atoms with Crippen molar-refractivity contribution in [1.29, 1.82) is 0 Å². The molecule has 2 aliphatic heterocycles. The lowest BCUT2D eigenvalue weighted by molar-refractivity contribution is 0.646. The van der Waals surface area contributed by atoms with Crippen LogP contribution in [0.5, 0.6) is 0 Å². The van der Waals surface area contributed by atoms with Gasteiger partial charge in [-0.3, -0.25) is 0 Å². The summed E-state index contributed by atoms with van der Waals surface area (Å²) >= 11 is 4.00. The second-order valence-corrected chi connectivity index (χ2v) is 30.3. The van der Waals surface area contributed by atoms with Gasteiger partial charge in [0, 0.05) is 32.5 Å². The van der Waals surface area contributed by atoms with Crippen molar-refractivity contribution in [2.24, 2.45) is 0 Å². The van der Waals surface area contributed by atoms with Crippen LogP contribution < -0.4 is 30.5 Å². The van der Waals surface area contributed by atoms with E-state index in [4.69, 9.17) is 0 Å². The van der Waals surface area contributed by atoms with Crippen LogP contribution in [0.4, 0.5) is 32.8 Å². The Morgan fingerprint density at radius 1 is 0.294 bits per heavy atom. The molecular formula is C62H50N2S2Si2. The molecule has 0 N–H and O–H groups in total. The van der Waals surface area contributed by atoms with E-state index in [1.165, 1.54) is 73.9 Å². The summed E-state index contributed by atoms with van der Waals surface area (Å²) in [5, 5.41) is 8.48. The number of rotatable bonds is 6. The zero-order valence-electron chi connectivity index (χ0n) is 38.7. The van der Waals surface area contributed by atoms with Crippen molar-refractivity contribution in [1.82, 2.24) is 0 Å². The Balaban J connectivity index is 1.26. The minimum Gasteiger partial charge on any atom is -0.302 e. The molecule has 13 rings (SSSR count). The quantitative estimate of drug-likeness (QED) is 0.153. The smallest absolute Gasteiger partial charge is 0.113 e. The predicted molar refractivity (Wildman–Crippen MR) is 295 cm³/mol. The summed E-state index contributed by atoms with van der Waals surface area (Å²) in [6, 6.07) is 87.6. The van der Waals surface area contributed by atoms with Gasteiger partial charge >= 0.3 is 0 Å². The van der Waals surface area contributed by atoms with Crippen LogP contribution in [0.15, 0.2) is 231 Å². The van der Waals surface area contributed by atoms with Crippen molar-refractivity contribution in [2.45, 2.75) is 37.0 Å². The third kappa shape index (κ3) is 5.60. The van der Waals surface area contributed by atoms with E-state index in [0.29, 0.717) is 0 Å². The Morgan fingerprint density at radius 3 is 0.794 bits per heavy atom. The number of hydrogen-bond acceptors (Lipinski definition) is 4. The molecule has 0 unspecified atom stereocenters. The van der Waals surface area contributed by atoms with Gasteiger partial charge in [-0.1, -0.05) is 196 Å². The first-order valence-electron chi connectivity index (χ1n) is 23.8. The van der Waals surface area contributed by atoms with Crippen LogP contribution in [-0.2, 0) is 10.8 Å². The number of para-hydroxylation sites is 4. The van der Waals surface area contributed by atoms with E-state index in [-0.39, 0.29) is 0 Å². The highest BCUT2D eigenvalue weighted by molar-refractivity contribution is 7.18. The van der Waals surface area contributed by atoms with Crippen molar-refractivity contribution in [2.75, 3.05) is 9.80 Å². The predicted octanol–water partition coefficient (Wildman–Crippen LogP) is 14.1. The maximum Gasteiger partial charge on any atom is 0.113 e.